The van der Waals surface area contributed by atoms with Gasteiger partial charge < -0.3 is 14.2 Å². The van der Waals surface area contributed by atoms with Crippen LogP contribution in [0.15, 0.2) is 27.5 Å². The molecule has 3 heterocycles. The molecular formula is C19H22N4O3S. The molecule has 0 spiro atoms. The average molecular weight is 386 g/mol. The Morgan fingerprint density at radius 3 is 2.89 bits per heavy atom. The van der Waals surface area contributed by atoms with Gasteiger partial charge in [-0.2, -0.15) is 16.3 Å². The van der Waals surface area contributed by atoms with Gasteiger partial charge in [-0.3, -0.25) is 9.78 Å². The van der Waals surface area contributed by atoms with E-state index in [9.17, 15) is 4.79 Å². The summed E-state index contributed by atoms with van der Waals surface area (Å²) in [5.74, 6) is 1.82. The first kappa shape index (κ1) is 19.0. The first-order valence-corrected chi connectivity index (χ1v) is 9.52. The third kappa shape index (κ3) is 4.33. The van der Waals surface area contributed by atoms with Gasteiger partial charge in [-0.1, -0.05) is 5.16 Å². The highest BCUT2D eigenvalue weighted by Gasteiger charge is 2.16. The van der Waals surface area contributed by atoms with Gasteiger partial charge in [0, 0.05) is 48.2 Å². The summed E-state index contributed by atoms with van der Waals surface area (Å²) in [5.41, 5.74) is 3.68. The number of amides is 1. The molecule has 0 aliphatic rings. The Balaban J connectivity index is 1.58. The number of carbonyl (C=O) groups excluding carboxylic acids is 1. The molecule has 0 aliphatic heterocycles. The fourth-order valence-electron chi connectivity index (χ4n) is 2.81. The molecule has 0 aliphatic carbocycles. The largest absolute Gasteiger partial charge is 0.496 e. The molecule has 0 radical (unpaired) electrons. The zero-order valence-corrected chi connectivity index (χ0v) is 16.7. The van der Waals surface area contributed by atoms with Crippen LogP contribution in [0.4, 0.5) is 0 Å². The maximum absolute atomic E-state index is 12.5. The number of rotatable bonds is 7. The summed E-state index contributed by atoms with van der Waals surface area (Å²) in [7, 11) is 3.41. The molecule has 0 atom stereocenters. The van der Waals surface area contributed by atoms with Gasteiger partial charge in [-0.25, -0.2) is 0 Å². The quantitative estimate of drug-likeness (QED) is 0.619. The van der Waals surface area contributed by atoms with E-state index in [0.29, 0.717) is 31.1 Å². The minimum atomic E-state index is -0.00831. The normalized spacial score (nSPS) is 10.8. The lowest BCUT2D eigenvalue weighted by Crippen LogP contribution is -2.27. The topological polar surface area (TPSA) is 81.4 Å². The first-order chi connectivity index (χ1) is 13.0. The van der Waals surface area contributed by atoms with Crippen molar-refractivity contribution in [3.8, 4) is 17.1 Å². The molecule has 0 aromatic carbocycles. The van der Waals surface area contributed by atoms with Crippen LogP contribution in [0, 0.1) is 13.8 Å². The lowest BCUT2D eigenvalue weighted by molar-refractivity contribution is -0.130. The summed E-state index contributed by atoms with van der Waals surface area (Å²) in [6.07, 6.45) is 2.47. The lowest BCUT2D eigenvalue weighted by atomic mass is 10.1. The minimum absolute atomic E-state index is 0.00831. The number of carbonyl (C=O) groups is 1. The Labute approximate surface area is 162 Å². The van der Waals surface area contributed by atoms with Gasteiger partial charge in [-0.15, -0.1) is 0 Å². The fourth-order valence-corrected chi connectivity index (χ4v) is 3.45. The van der Waals surface area contributed by atoms with Gasteiger partial charge >= 0.3 is 0 Å². The third-order valence-corrected chi connectivity index (χ3v) is 5.05. The Hall–Kier alpha value is -2.74. The molecule has 0 saturated heterocycles. The third-order valence-electron chi connectivity index (χ3n) is 4.36. The van der Waals surface area contributed by atoms with E-state index in [1.807, 2.05) is 30.7 Å². The van der Waals surface area contributed by atoms with Gasteiger partial charge in [0.1, 0.15) is 5.75 Å². The number of pyridine rings is 1. The molecule has 0 bridgehead atoms. The smallest absolute Gasteiger partial charge is 0.227 e. The standard InChI is InChI=1S/C19H22N4O3S/c1-12-9-20-15(13(2)18(12)25-4)10-23(3)17(24)6-5-16-21-19(22-26-16)14-7-8-27-11-14/h7-9,11H,5-6,10H2,1-4H3. The molecule has 0 N–H and O–H groups in total. The highest BCUT2D eigenvalue weighted by atomic mass is 32.1. The van der Waals surface area contributed by atoms with Crippen molar-refractivity contribution < 1.29 is 14.1 Å². The van der Waals surface area contributed by atoms with Crippen LogP contribution in [0.1, 0.15) is 29.1 Å². The number of methoxy groups -OCH3 is 1. The van der Waals surface area contributed by atoms with E-state index < -0.39 is 0 Å². The second kappa shape index (κ2) is 8.30. The zero-order chi connectivity index (χ0) is 19.4. The van der Waals surface area contributed by atoms with E-state index in [1.54, 1.807) is 36.6 Å². The molecule has 0 fully saturated rings. The van der Waals surface area contributed by atoms with Crippen LogP contribution in [0.5, 0.6) is 5.75 Å². The first-order valence-electron chi connectivity index (χ1n) is 8.57. The second-order valence-corrected chi connectivity index (χ2v) is 7.10. The van der Waals surface area contributed by atoms with Crippen LogP contribution < -0.4 is 4.74 Å². The van der Waals surface area contributed by atoms with E-state index in [1.165, 1.54) is 0 Å². The van der Waals surface area contributed by atoms with E-state index in [4.69, 9.17) is 9.26 Å². The molecule has 0 saturated carbocycles. The number of hydrogen-bond acceptors (Lipinski definition) is 7. The number of hydrogen-bond donors (Lipinski definition) is 0. The van der Waals surface area contributed by atoms with Crippen LogP contribution >= 0.6 is 11.3 Å². The minimum Gasteiger partial charge on any atom is -0.496 e. The molecule has 3 aromatic rings. The van der Waals surface area contributed by atoms with Crippen molar-refractivity contribution in [1.82, 2.24) is 20.0 Å². The van der Waals surface area contributed by atoms with Gasteiger partial charge in [-0.05, 0) is 25.3 Å². The molecule has 1 amide bonds. The van der Waals surface area contributed by atoms with Gasteiger partial charge in [0.05, 0.1) is 19.3 Å². The van der Waals surface area contributed by atoms with Crippen molar-refractivity contribution in [2.75, 3.05) is 14.2 Å². The maximum atomic E-state index is 12.5. The number of thiophene rings is 1. The molecule has 27 heavy (non-hydrogen) atoms. The summed E-state index contributed by atoms with van der Waals surface area (Å²) in [6, 6.07) is 1.93. The van der Waals surface area contributed by atoms with Crippen LogP contribution in [0.2, 0.25) is 0 Å². The maximum Gasteiger partial charge on any atom is 0.227 e. The zero-order valence-electron chi connectivity index (χ0n) is 15.9. The molecule has 8 heteroatoms. The van der Waals surface area contributed by atoms with Crippen LogP contribution in [0.25, 0.3) is 11.4 Å². The van der Waals surface area contributed by atoms with Gasteiger partial charge in [0.25, 0.3) is 0 Å². The highest BCUT2D eigenvalue weighted by molar-refractivity contribution is 7.08. The average Bonchev–Trinajstić information content (AvgIpc) is 3.33. The number of ether oxygens (including phenoxy) is 1. The van der Waals surface area contributed by atoms with E-state index in [2.05, 4.69) is 15.1 Å². The fraction of sp³-hybridized carbons (Fsp3) is 0.368. The van der Waals surface area contributed by atoms with Crippen LogP contribution in [-0.2, 0) is 17.8 Å². The summed E-state index contributed by atoms with van der Waals surface area (Å²) in [4.78, 5) is 22.9. The molecule has 142 valence electrons. The van der Waals surface area contributed by atoms with Gasteiger partial charge in [0.15, 0.2) is 0 Å². The van der Waals surface area contributed by atoms with E-state index >= 15 is 0 Å². The summed E-state index contributed by atoms with van der Waals surface area (Å²) >= 11 is 1.57. The van der Waals surface area contributed by atoms with E-state index in [0.717, 1.165) is 28.1 Å². The van der Waals surface area contributed by atoms with E-state index in [-0.39, 0.29) is 5.91 Å². The molecule has 0 unspecified atom stereocenters. The predicted molar refractivity (Wildman–Crippen MR) is 103 cm³/mol. The number of aryl methyl sites for hydroxylation is 2. The van der Waals surface area contributed by atoms with Crippen LogP contribution in [-0.4, -0.2) is 40.1 Å². The Bertz CT molecular complexity index is 921. The molecule has 7 nitrogen and oxygen atoms in total. The Morgan fingerprint density at radius 2 is 2.19 bits per heavy atom. The molecular weight excluding hydrogens is 364 g/mol. The number of nitrogens with zero attached hydrogens (tertiary/aromatic N) is 4. The number of aromatic nitrogens is 3. The van der Waals surface area contributed by atoms with Crippen molar-refractivity contribution in [1.29, 1.82) is 0 Å². The summed E-state index contributed by atoms with van der Waals surface area (Å²) in [5, 5.41) is 7.88. The van der Waals surface area contributed by atoms with Crippen LogP contribution in [0.3, 0.4) is 0 Å². The SMILES string of the molecule is COc1c(C)cnc(CN(C)C(=O)CCc2nc(-c3ccsc3)no2)c1C. The monoisotopic (exact) mass is 386 g/mol. The summed E-state index contributed by atoms with van der Waals surface area (Å²) < 4.78 is 10.7. The van der Waals surface area contributed by atoms with Crippen molar-refractivity contribution in [2.45, 2.75) is 33.2 Å². The second-order valence-electron chi connectivity index (χ2n) is 6.32. The Morgan fingerprint density at radius 1 is 1.37 bits per heavy atom. The van der Waals surface area contributed by atoms with Gasteiger partial charge in [0.2, 0.25) is 17.6 Å². The summed E-state index contributed by atoms with van der Waals surface area (Å²) in [6.45, 7) is 4.33. The predicted octanol–water partition coefficient (Wildman–Crippen LogP) is 3.41. The van der Waals surface area contributed by atoms with Crippen molar-refractivity contribution in [2.24, 2.45) is 0 Å². The molecule has 3 aromatic heterocycles. The van der Waals surface area contributed by atoms with Crippen molar-refractivity contribution in [3.05, 3.63) is 45.7 Å². The highest BCUT2D eigenvalue weighted by Crippen LogP contribution is 2.24. The lowest BCUT2D eigenvalue weighted by Gasteiger charge is -2.19. The van der Waals surface area contributed by atoms with Crippen molar-refractivity contribution >= 4 is 17.2 Å². The van der Waals surface area contributed by atoms with Crippen molar-refractivity contribution in [3.63, 3.8) is 0 Å². The molecule has 3 rings (SSSR count). The Kier molecular flexibility index (Phi) is 5.85.